The second-order valence-electron chi connectivity index (χ2n) is 4.04. The van der Waals surface area contributed by atoms with Gasteiger partial charge in [-0.15, -0.1) is 0 Å². The van der Waals surface area contributed by atoms with Crippen molar-refractivity contribution in [2.75, 3.05) is 45.8 Å². The predicted octanol–water partition coefficient (Wildman–Crippen LogP) is 1.53. The molecule has 1 saturated heterocycles. The van der Waals surface area contributed by atoms with Crippen LogP contribution in [-0.4, -0.2) is 55.8 Å². The highest BCUT2D eigenvalue weighted by Crippen LogP contribution is 2.06. The maximum Gasteiger partial charge on any atom is 0.112 e. The molecule has 0 aliphatic carbocycles. The summed E-state index contributed by atoms with van der Waals surface area (Å²) >= 11 is 0. The molecule has 18 heavy (non-hydrogen) atoms. The lowest BCUT2D eigenvalue weighted by atomic mass is 10.2. The van der Waals surface area contributed by atoms with Gasteiger partial charge in [-0.2, -0.15) is 0 Å². The van der Waals surface area contributed by atoms with Crippen molar-refractivity contribution < 1.29 is 5.11 Å². The van der Waals surface area contributed by atoms with Crippen molar-refractivity contribution in [1.29, 1.82) is 0 Å². The molecule has 1 aliphatic heterocycles. The summed E-state index contributed by atoms with van der Waals surface area (Å²) in [6.45, 7) is 16.3. The van der Waals surface area contributed by atoms with Gasteiger partial charge in [-0.25, -0.2) is 0 Å². The fraction of sp³-hybridized carbons (Fsp3) is 0.714. The Morgan fingerprint density at radius 3 is 2.06 bits per heavy atom. The van der Waals surface area contributed by atoms with Crippen LogP contribution in [0.2, 0.25) is 0 Å². The molecule has 1 rings (SSSR count). The second-order valence-corrected chi connectivity index (χ2v) is 4.04. The first-order chi connectivity index (χ1) is 8.74. The lowest BCUT2D eigenvalue weighted by Crippen LogP contribution is -2.35. The molecule has 0 radical (unpaired) electrons. The molecule has 0 unspecified atom stereocenters. The quantitative estimate of drug-likeness (QED) is 0.529. The number of nitrogens with one attached hydrogen (secondary N) is 2. The molecular formula is C14H29N3O. The minimum Gasteiger partial charge on any atom is -0.508 e. The van der Waals surface area contributed by atoms with Crippen LogP contribution in [0.15, 0.2) is 24.0 Å². The minimum absolute atomic E-state index is 0.184. The predicted molar refractivity (Wildman–Crippen MR) is 79.1 cm³/mol. The van der Waals surface area contributed by atoms with Crippen LogP contribution in [-0.2, 0) is 0 Å². The van der Waals surface area contributed by atoms with Gasteiger partial charge in [0, 0.05) is 51.4 Å². The third kappa shape index (κ3) is 7.48. The minimum atomic E-state index is 0.184. The molecule has 4 heteroatoms. The van der Waals surface area contributed by atoms with Gasteiger partial charge in [-0.3, -0.25) is 4.90 Å². The van der Waals surface area contributed by atoms with Crippen molar-refractivity contribution in [2.45, 2.75) is 20.8 Å². The molecule has 1 fully saturated rings. The van der Waals surface area contributed by atoms with Gasteiger partial charge in [0.15, 0.2) is 0 Å². The van der Waals surface area contributed by atoms with E-state index in [0.717, 1.165) is 51.4 Å². The first-order valence-corrected chi connectivity index (χ1v) is 6.91. The summed E-state index contributed by atoms with van der Waals surface area (Å²) in [5, 5.41) is 16.1. The molecule has 0 aromatic rings. The molecule has 0 aromatic carbocycles. The number of nitrogens with zero attached hydrogens (tertiary/aromatic N) is 1. The molecule has 4 nitrogen and oxygen atoms in total. The summed E-state index contributed by atoms with van der Waals surface area (Å²) in [5.41, 5.74) is 0.916. The summed E-state index contributed by atoms with van der Waals surface area (Å²) < 4.78 is 0. The highest BCUT2D eigenvalue weighted by atomic mass is 16.3. The summed E-state index contributed by atoms with van der Waals surface area (Å²) in [6.07, 6.45) is 1.93. The molecule has 1 heterocycles. The molecule has 1 aliphatic rings. The molecule has 106 valence electrons. The van der Waals surface area contributed by atoms with E-state index in [4.69, 9.17) is 0 Å². The first-order valence-electron chi connectivity index (χ1n) is 6.91. The van der Waals surface area contributed by atoms with Gasteiger partial charge in [0.05, 0.1) is 0 Å². The standard InChI is InChI=1S/C12H23N3O.C2H6/c1-3-12(11(2)16)10-15-8-6-13-4-5-14-7-9-15;1-2/h3,13-14,16H,2,4-10H2,1H3;1-2H3/b12-3-;. The number of rotatable bonds is 3. The van der Waals surface area contributed by atoms with Gasteiger partial charge in [0.2, 0.25) is 0 Å². The van der Waals surface area contributed by atoms with Gasteiger partial charge >= 0.3 is 0 Å². The average Bonchev–Trinajstić information content (AvgIpc) is 2.51. The fourth-order valence-electron chi connectivity index (χ4n) is 1.76. The summed E-state index contributed by atoms with van der Waals surface area (Å²) in [7, 11) is 0. The van der Waals surface area contributed by atoms with E-state index < -0.39 is 0 Å². The Morgan fingerprint density at radius 2 is 1.67 bits per heavy atom. The summed E-state index contributed by atoms with van der Waals surface area (Å²) in [6, 6.07) is 0. The smallest absolute Gasteiger partial charge is 0.112 e. The van der Waals surface area contributed by atoms with Crippen molar-refractivity contribution in [3.8, 4) is 0 Å². The topological polar surface area (TPSA) is 47.5 Å². The zero-order valence-electron chi connectivity index (χ0n) is 12.1. The van der Waals surface area contributed by atoms with Crippen LogP contribution in [0.3, 0.4) is 0 Å². The van der Waals surface area contributed by atoms with Crippen molar-refractivity contribution >= 4 is 0 Å². The van der Waals surface area contributed by atoms with Crippen LogP contribution in [0, 0.1) is 0 Å². The highest BCUT2D eigenvalue weighted by Gasteiger charge is 2.09. The Balaban J connectivity index is 0.00000137. The molecule has 0 spiro atoms. The van der Waals surface area contributed by atoms with E-state index in [0.29, 0.717) is 0 Å². The van der Waals surface area contributed by atoms with E-state index in [1.807, 2.05) is 26.8 Å². The second kappa shape index (κ2) is 11.3. The maximum atomic E-state index is 9.40. The Bertz CT molecular complexity index is 241. The van der Waals surface area contributed by atoms with Crippen molar-refractivity contribution in [2.24, 2.45) is 0 Å². The van der Waals surface area contributed by atoms with Gasteiger partial charge < -0.3 is 15.7 Å². The zero-order chi connectivity index (χ0) is 13.8. The number of aliphatic hydroxyl groups excluding tert-OH is 1. The molecule has 0 atom stereocenters. The van der Waals surface area contributed by atoms with Gasteiger partial charge in [0.1, 0.15) is 5.76 Å². The Labute approximate surface area is 112 Å². The SMILES string of the molecule is C=C(O)/C(=C\C)CN1CCNCCNCC1.CC. The monoisotopic (exact) mass is 255 g/mol. The van der Waals surface area contributed by atoms with Crippen LogP contribution >= 0.6 is 0 Å². The van der Waals surface area contributed by atoms with Gasteiger partial charge in [-0.1, -0.05) is 26.5 Å². The van der Waals surface area contributed by atoms with E-state index in [9.17, 15) is 5.11 Å². The van der Waals surface area contributed by atoms with E-state index >= 15 is 0 Å². The van der Waals surface area contributed by atoms with Crippen LogP contribution < -0.4 is 10.6 Å². The van der Waals surface area contributed by atoms with Crippen molar-refractivity contribution in [3.63, 3.8) is 0 Å². The van der Waals surface area contributed by atoms with Gasteiger partial charge in [-0.05, 0) is 6.92 Å². The normalized spacial score (nSPS) is 18.9. The molecular weight excluding hydrogens is 226 g/mol. The highest BCUT2D eigenvalue weighted by molar-refractivity contribution is 5.22. The van der Waals surface area contributed by atoms with E-state index in [1.165, 1.54) is 0 Å². The van der Waals surface area contributed by atoms with Crippen LogP contribution in [0.4, 0.5) is 0 Å². The van der Waals surface area contributed by atoms with E-state index in [2.05, 4.69) is 22.1 Å². The van der Waals surface area contributed by atoms with Crippen LogP contribution in [0.25, 0.3) is 0 Å². The molecule has 0 bridgehead atoms. The van der Waals surface area contributed by atoms with Crippen LogP contribution in [0.1, 0.15) is 20.8 Å². The van der Waals surface area contributed by atoms with Crippen molar-refractivity contribution in [3.05, 3.63) is 24.0 Å². The molecule has 0 saturated carbocycles. The zero-order valence-corrected chi connectivity index (χ0v) is 12.1. The number of allylic oxidation sites excluding steroid dienone is 1. The first kappa shape index (κ1) is 17.2. The maximum absolute atomic E-state index is 9.40. The number of hydrogen-bond donors (Lipinski definition) is 3. The fourth-order valence-corrected chi connectivity index (χ4v) is 1.76. The van der Waals surface area contributed by atoms with Crippen molar-refractivity contribution in [1.82, 2.24) is 15.5 Å². The molecule has 0 aromatic heterocycles. The summed E-state index contributed by atoms with van der Waals surface area (Å²) in [5.74, 6) is 0.184. The average molecular weight is 255 g/mol. The Hall–Kier alpha value is -0.840. The van der Waals surface area contributed by atoms with E-state index in [1.54, 1.807) is 0 Å². The summed E-state index contributed by atoms with van der Waals surface area (Å²) in [4.78, 5) is 2.32. The lowest BCUT2D eigenvalue weighted by molar-refractivity contribution is 0.295. The Kier molecular flexibility index (Phi) is 10.7. The lowest BCUT2D eigenvalue weighted by Gasteiger charge is -2.22. The third-order valence-corrected chi connectivity index (χ3v) is 2.80. The molecule has 0 amide bonds. The van der Waals surface area contributed by atoms with Crippen LogP contribution in [0.5, 0.6) is 0 Å². The number of hydrogen-bond acceptors (Lipinski definition) is 4. The third-order valence-electron chi connectivity index (χ3n) is 2.80. The Morgan fingerprint density at radius 1 is 1.17 bits per heavy atom. The largest absolute Gasteiger partial charge is 0.508 e. The molecule has 3 N–H and O–H groups in total. The van der Waals surface area contributed by atoms with E-state index in [-0.39, 0.29) is 5.76 Å². The van der Waals surface area contributed by atoms with Gasteiger partial charge in [0.25, 0.3) is 0 Å². The number of aliphatic hydroxyl groups is 1.